The topological polar surface area (TPSA) is 52.0 Å². The molecule has 1 aromatic rings. The first-order chi connectivity index (χ1) is 9.26. The van der Waals surface area contributed by atoms with Crippen molar-refractivity contribution in [2.75, 3.05) is 31.2 Å². The molecule has 1 unspecified atom stereocenters. The fourth-order valence-electron chi connectivity index (χ4n) is 2.54. The number of H-pyrrole nitrogens is 1. The summed E-state index contributed by atoms with van der Waals surface area (Å²) in [7, 11) is 0. The summed E-state index contributed by atoms with van der Waals surface area (Å²) in [5, 5.41) is 9.25. The van der Waals surface area contributed by atoms with E-state index in [1.165, 1.54) is 6.42 Å². The third kappa shape index (κ3) is 3.34. The Labute approximate surface area is 119 Å². The summed E-state index contributed by atoms with van der Waals surface area (Å²) in [5.41, 5.74) is 1.53. The van der Waals surface area contributed by atoms with Crippen LogP contribution in [0.1, 0.15) is 25.3 Å². The highest BCUT2D eigenvalue weighted by atomic mass is 32.1. The maximum Gasteiger partial charge on any atom is 0.123 e. The summed E-state index contributed by atoms with van der Waals surface area (Å²) >= 11 is 5.18. The van der Waals surface area contributed by atoms with Crippen LogP contribution in [0.2, 0.25) is 0 Å². The molecule has 0 radical (unpaired) electrons. The van der Waals surface area contributed by atoms with Crippen LogP contribution in [0.5, 0.6) is 0 Å². The van der Waals surface area contributed by atoms with Gasteiger partial charge in [0.2, 0.25) is 0 Å². The van der Waals surface area contributed by atoms with Crippen molar-refractivity contribution in [2.24, 2.45) is 5.92 Å². The largest absolute Gasteiger partial charge is 0.381 e. The third-order valence-electron chi connectivity index (χ3n) is 3.47. The number of hydrogen-bond donors (Lipinski definition) is 1. The lowest BCUT2D eigenvalue weighted by Gasteiger charge is -2.34. The van der Waals surface area contributed by atoms with Gasteiger partial charge >= 0.3 is 0 Å². The van der Waals surface area contributed by atoms with Crippen LogP contribution in [-0.2, 0) is 4.74 Å². The van der Waals surface area contributed by atoms with E-state index in [1.807, 2.05) is 19.2 Å². The highest BCUT2D eigenvalue weighted by Crippen LogP contribution is 2.26. The molecule has 0 spiro atoms. The number of anilines is 1. The summed E-state index contributed by atoms with van der Waals surface area (Å²) < 4.78 is 6.04. The van der Waals surface area contributed by atoms with Crippen molar-refractivity contribution in [3.8, 4) is 6.07 Å². The molecule has 1 fully saturated rings. The number of pyridine rings is 1. The number of nitrogens with zero attached hydrogens (tertiary/aromatic N) is 2. The molecule has 0 saturated carbocycles. The van der Waals surface area contributed by atoms with E-state index in [4.69, 9.17) is 17.0 Å². The van der Waals surface area contributed by atoms with Gasteiger partial charge in [0.15, 0.2) is 0 Å². The van der Waals surface area contributed by atoms with Crippen LogP contribution in [0.3, 0.4) is 0 Å². The molecular formula is C14H19N3OS. The van der Waals surface area contributed by atoms with Gasteiger partial charge in [-0.1, -0.05) is 12.2 Å². The molecule has 4 nitrogen and oxygen atoms in total. The van der Waals surface area contributed by atoms with E-state index in [2.05, 4.69) is 16.0 Å². The molecule has 102 valence electrons. The summed E-state index contributed by atoms with van der Waals surface area (Å²) in [6, 6.07) is 4.15. The molecule has 1 aromatic heterocycles. The van der Waals surface area contributed by atoms with Crippen molar-refractivity contribution in [3.05, 3.63) is 22.5 Å². The minimum Gasteiger partial charge on any atom is -0.381 e. The molecule has 2 rings (SSSR count). The van der Waals surface area contributed by atoms with E-state index >= 15 is 0 Å². The third-order valence-corrected chi connectivity index (χ3v) is 3.79. The molecule has 0 aromatic carbocycles. The van der Waals surface area contributed by atoms with Crippen LogP contribution < -0.4 is 4.90 Å². The lowest BCUT2D eigenvalue weighted by Crippen LogP contribution is -2.37. The Bertz CT molecular complexity index is 520. The highest BCUT2D eigenvalue weighted by Gasteiger charge is 2.22. The number of hydrogen-bond acceptors (Lipinski definition) is 4. The van der Waals surface area contributed by atoms with Crippen molar-refractivity contribution >= 4 is 17.9 Å². The Balaban J connectivity index is 2.16. The second-order valence-electron chi connectivity index (χ2n) is 4.79. The van der Waals surface area contributed by atoms with E-state index in [0.717, 1.165) is 38.4 Å². The Kier molecular flexibility index (Phi) is 4.94. The molecule has 1 atom stereocenters. The fourth-order valence-corrected chi connectivity index (χ4v) is 2.76. The molecule has 1 aliphatic rings. The summed E-state index contributed by atoms with van der Waals surface area (Å²) in [6.07, 6.45) is 4.14. The van der Waals surface area contributed by atoms with Crippen molar-refractivity contribution < 1.29 is 4.74 Å². The lowest BCUT2D eigenvalue weighted by molar-refractivity contribution is 0.104. The van der Waals surface area contributed by atoms with Gasteiger partial charge < -0.3 is 14.6 Å². The van der Waals surface area contributed by atoms with E-state index in [0.29, 0.717) is 16.1 Å². The zero-order valence-corrected chi connectivity index (χ0v) is 12.0. The quantitative estimate of drug-likeness (QED) is 0.860. The summed E-state index contributed by atoms with van der Waals surface area (Å²) in [6.45, 7) is 5.50. The van der Waals surface area contributed by atoms with E-state index < -0.39 is 0 Å². The van der Waals surface area contributed by atoms with Crippen LogP contribution in [-0.4, -0.2) is 31.3 Å². The predicted molar refractivity (Wildman–Crippen MR) is 77.8 cm³/mol. The van der Waals surface area contributed by atoms with Crippen LogP contribution in [0.25, 0.3) is 0 Å². The molecule has 19 heavy (non-hydrogen) atoms. The highest BCUT2D eigenvalue weighted by molar-refractivity contribution is 7.71. The van der Waals surface area contributed by atoms with Crippen molar-refractivity contribution in [2.45, 2.75) is 19.8 Å². The number of ether oxygens (including phenoxy) is 1. The van der Waals surface area contributed by atoms with Crippen molar-refractivity contribution in [1.82, 2.24) is 4.98 Å². The predicted octanol–water partition coefficient (Wildman–Crippen LogP) is 2.87. The second kappa shape index (κ2) is 6.69. The minimum absolute atomic E-state index is 0.520. The van der Waals surface area contributed by atoms with Gasteiger partial charge in [-0.3, -0.25) is 0 Å². The monoisotopic (exact) mass is 277 g/mol. The minimum atomic E-state index is 0.520. The molecule has 0 amide bonds. The summed E-state index contributed by atoms with van der Waals surface area (Å²) in [5.74, 6) is 0.540. The standard InChI is InChI=1S/C14H19N3OS/c1-2-18-10-11-4-3-7-17(9-11)13-5-6-16-14(19)12(13)8-15/h5-6,11H,2-4,7,9-10H2,1H3,(H,16,19). The van der Waals surface area contributed by atoms with Crippen molar-refractivity contribution in [3.63, 3.8) is 0 Å². The van der Waals surface area contributed by atoms with Gasteiger partial charge in [0, 0.05) is 25.9 Å². The van der Waals surface area contributed by atoms with Crippen LogP contribution in [0, 0.1) is 21.9 Å². The number of nitriles is 1. The zero-order chi connectivity index (χ0) is 13.7. The van der Waals surface area contributed by atoms with Gasteiger partial charge in [-0.2, -0.15) is 5.26 Å². The lowest BCUT2D eigenvalue weighted by atomic mass is 9.98. The van der Waals surface area contributed by atoms with Crippen molar-refractivity contribution in [1.29, 1.82) is 5.26 Å². The molecular weight excluding hydrogens is 258 g/mol. The summed E-state index contributed by atoms with van der Waals surface area (Å²) in [4.78, 5) is 5.18. The van der Waals surface area contributed by atoms with Gasteiger partial charge in [-0.05, 0) is 31.7 Å². The van der Waals surface area contributed by atoms with Gasteiger partial charge in [0.05, 0.1) is 12.3 Å². The SMILES string of the molecule is CCOCC1CCCN(c2cc[nH]c(=S)c2C#N)C1. The molecule has 1 N–H and O–H groups in total. The van der Waals surface area contributed by atoms with Gasteiger partial charge in [0.25, 0.3) is 0 Å². The Hall–Kier alpha value is -1.38. The first-order valence-corrected chi connectivity index (χ1v) is 7.11. The number of piperidine rings is 1. The van der Waals surface area contributed by atoms with Gasteiger partial charge in [-0.15, -0.1) is 0 Å². The Morgan fingerprint density at radius 1 is 1.63 bits per heavy atom. The average Bonchev–Trinajstić information content (AvgIpc) is 2.45. The van der Waals surface area contributed by atoms with E-state index in [1.54, 1.807) is 0 Å². The molecule has 0 aliphatic carbocycles. The number of aromatic nitrogens is 1. The molecule has 5 heteroatoms. The first-order valence-electron chi connectivity index (χ1n) is 6.70. The average molecular weight is 277 g/mol. The van der Waals surface area contributed by atoms with Crippen LogP contribution in [0.15, 0.2) is 12.3 Å². The molecule has 2 heterocycles. The zero-order valence-electron chi connectivity index (χ0n) is 11.2. The Morgan fingerprint density at radius 2 is 2.47 bits per heavy atom. The van der Waals surface area contributed by atoms with Gasteiger partial charge in [-0.25, -0.2) is 0 Å². The normalized spacial score (nSPS) is 19.2. The van der Waals surface area contributed by atoms with Gasteiger partial charge in [0.1, 0.15) is 16.3 Å². The van der Waals surface area contributed by atoms with E-state index in [-0.39, 0.29) is 0 Å². The fraction of sp³-hybridized carbons (Fsp3) is 0.571. The number of nitrogens with one attached hydrogen (secondary N) is 1. The second-order valence-corrected chi connectivity index (χ2v) is 5.20. The van der Waals surface area contributed by atoms with Crippen LogP contribution >= 0.6 is 12.2 Å². The Morgan fingerprint density at radius 3 is 3.21 bits per heavy atom. The van der Waals surface area contributed by atoms with E-state index in [9.17, 15) is 5.26 Å². The first kappa shape index (κ1) is 14.0. The maximum atomic E-state index is 9.25. The molecule has 0 bridgehead atoms. The smallest absolute Gasteiger partial charge is 0.123 e. The molecule has 1 aliphatic heterocycles. The number of aromatic amines is 1. The number of rotatable bonds is 4. The maximum absolute atomic E-state index is 9.25. The van der Waals surface area contributed by atoms with Crippen LogP contribution in [0.4, 0.5) is 5.69 Å². The molecule has 1 saturated heterocycles.